The fourth-order valence-corrected chi connectivity index (χ4v) is 2.84. The summed E-state index contributed by atoms with van der Waals surface area (Å²) in [6.45, 7) is 9.28. The first-order valence-corrected chi connectivity index (χ1v) is 9.33. The van der Waals surface area contributed by atoms with Gasteiger partial charge in [0, 0.05) is 38.0 Å². The van der Waals surface area contributed by atoms with Crippen LogP contribution >= 0.6 is 0 Å². The maximum absolute atomic E-state index is 13.7. The Kier molecular flexibility index (Phi) is 8.26. The molecule has 0 unspecified atom stereocenters. The molecule has 1 aromatic heterocycles. The van der Waals surface area contributed by atoms with Gasteiger partial charge in [-0.05, 0) is 51.0 Å². The summed E-state index contributed by atoms with van der Waals surface area (Å²) in [5, 5.41) is 11.0. The van der Waals surface area contributed by atoms with Crippen LogP contribution in [0, 0.1) is 19.7 Å². The zero-order valence-electron chi connectivity index (χ0n) is 16.7. The predicted octanol–water partition coefficient (Wildman–Crippen LogP) is 2.93. The number of ether oxygens (including phenoxy) is 1. The summed E-state index contributed by atoms with van der Waals surface area (Å²) in [7, 11) is 1.56. The van der Waals surface area contributed by atoms with Crippen molar-refractivity contribution in [3.8, 4) is 0 Å². The van der Waals surface area contributed by atoms with E-state index in [1.165, 1.54) is 11.8 Å². The van der Waals surface area contributed by atoms with E-state index in [1.54, 1.807) is 19.2 Å². The van der Waals surface area contributed by atoms with Gasteiger partial charge in [-0.2, -0.15) is 5.10 Å². The molecular weight excluding hydrogens is 345 g/mol. The average Bonchev–Trinajstić information content (AvgIpc) is 2.96. The monoisotopic (exact) mass is 375 g/mol. The van der Waals surface area contributed by atoms with Gasteiger partial charge in [0.05, 0.1) is 18.8 Å². The fourth-order valence-electron chi connectivity index (χ4n) is 2.84. The van der Waals surface area contributed by atoms with Gasteiger partial charge in [-0.3, -0.25) is 4.68 Å². The third-order valence-corrected chi connectivity index (χ3v) is 4.12. The van der Waals surface area contributed by atoms with Crippen LogP contribution in [0.25, 0.3) is 0 Å². The maximum Gasteiger partial charge on any atom is 0.191 e. The molecule has 0 radical (unpaired) electrons. The SMILES string of the molecule is CCNC(=NCc1ccc(F)c(COC)c1)NCCCn1nc(C)cc1C. The standard InChI is InChI=1S/C20H30FN5O/c1-5-22-20(23-9-6-10-26-16(3)11-15(2)25-26)24-13-17-7-8-19(21)18(12-17)14-27-4/h7-8,11-12H,5-6,9-10,13-14H2,1-4H3,(H2,22,23,24). The van der Waals surface area contributed by atoms with Crippen LogP contribution < -0.4 is 10.6 Å². The van der Waals surface area contributed by atoms with Crippen LogP contribution in [0.3, 0.4) is 0 Å². The Bertz CT molecular complexity index is 757. The van der Waals surface area contributed by atoms with E-state index in [9.17, 15) is 4.39 Å². The topological polar surface area (TPSA) is 63.5 Å². The predicted molar refractivity (Wildman–Crippen MR) is 106 cm³/mol. The van der Waals surface area contributed by atoms with E-state index in [-0.39, 0.29) is 12.4 Å². The quantitative estimate of drug-likeness (QED) is 0.402. The average molecular weight is 375 g/mol. The van der Waals surface area contributed by atoms with Gasteiger partial charge in [-0.25, -0.2) is 9.38 Å². The zero-order valence-corrected chi connectivity index (χ0v) is 16.7. The molecule has 0 aliphatic rings. The minimum absolute atomic E-state index is 0.251. The highest BCUT2D eigenvalue weighted by molar-refractivity contribution is 5.79. The summed E-state index contributed by atoms with van der Waals surface area (Å²) in [5.41, 5.74) is 3.72. The highest BCUT2D eigenvalue weighted by Gasteiger charge is 2.04. The highest BCUT2D eigenvalue weighted by Crippen LogP contribution is 2.12. The second-order valence-corrected chi connectivity index (χ2v) is 6.48. The molecule has 0 bridgehead atoms. The van der Waals surface area contributed by atoms with E-state index < -0.39 is 0 Å². The van der Waals surface area contributed by atoms with E-state index in [2.05, 4.69) is 33.7 Å². The highest BCUT2D eigenvalue weighted by atomic mass is 19.1. The first-order valence-electron chi connectivity index (χ1n) is 9.33. The third kappa shape index (κ3) is 6.67. The minimum Gasteiger partial charge on any atom is -0.380 e. The Hall–Kier alpha value is -2.41. The lowest BCUT2D eigenvalue weighted by molar-refractivity contribution is 0.181. The van der Waals surface area contributed by atoms with Gasteiger partial charge in [0.25, 0.3) is 0 Å². The lowest BCUT2D eigenvalue weighted by Crippen LogP contribution is -2.38. The van der Waals surface area contributed by atoms with Crippen LogP contribution in [0.2, 0.25) is 0 Å². The molecule has 2 N–H and O–H groups in total. The lowest BCUT2D eigenvalue weighted by atomic mass is 10.1. The lowest BCUT2D eigenvalue weighted by Gasteiger charge is -2.12. The molecule has 0 spiro atoms. The molecule has 0 aliphatic carbocycles. The molecule has 0 aliphatic heterocycles. The van der Waals surface area contributed by atoms with Gasteiger partial charge >= 0.3 is 0 Å². The van der Waals surface area contributed by atoms with Gasteiger partial charge in [0.15, 0.2) is 5.96 Å². The van der Waals surface area contributed by atoms with Gasteiger partial charge in [0.2, 0.25) is 0 Å². The van der Waals surface area contributed by atoms with Crippen molar-refractivity contribution in [2.75, 3.05) is 20.2 Å². The third-order valence-electron chi connectivity index (χ3n) is 4.12. The number of aryl methyl sites for hydroxylation is 3. The number of hydrogen-bond acceptors (Lipinski definition) is 3. The van der Waals surface area contributed by atoms with Crippen LogP contribution in [0.5, 0.6) is 0 Å². The van der Waals surface area contributed by atoms with Gasteiger partial charge in [0.1, 0.15) is 5.82 Å². The Morgan fingerprint density at radius 3 is 2.74 bits per heavy atom. The Morgan fingerprint density at radius 2 is 2.07 bits per heavy atom. The normalized spacial score (nSPS) is 11.7. The smallest absolute Gasteiger partial charge is 0.191 e. The summed E-state index contributed by atoms with van der Waals surface area (Å²) in [4.78, 5) is 4.59. The van der Waals surface area contributed by atoms with Crippen molar-refractivity contribution < 1.29 is 9.13 Å². The molecular formula is C20H30FN5O. The maximum atomic E-state index is 13.7. The van der Waals surface area contributed by atoms with E-state index >= 15 is 0 Å². The number of methoxy groups -OCH3 is 1. The van der Waals surface area contributed by atoms with Crippen LogP contribution in [0.1, 0.15) is 35.9 Å². The number of nitrogens with one attached hydrogen (secondary N) is 2. The number of hydrogen-bond donors (Lipinski definition) is 2. The van der Waals surface area contributed by atoms with E-state index in [0.29, 0.717) is 12.1 Å². The summed E-state index contributed by atoms with van der Waals surface area (Å²) >= 11 is 0. The summed E-state index contributed by atoms with van der Waals surface area (Å²) in [6.07, 6.45) is 0.945. The van der Waals surface area contributed by atoms with Crippen LogP contribution in [-0.2, 0) is 24.4 Å². The molecule has 0 fully saturated rings. The molecule has 0 saturated heterocycles. The Morgan fingerprint density at radius 1 is 1.26 bits per heavy atom. The van der Waals surface area contributed by atoms with Gasteiger partial charge in [-0.15, -0.1) is 0 Å². The largest absolute Gasteiger partial charge is 0.380 e. The number of halogens is 1. The van der Waals surface area contributed by atoms with Gasteiger partial charge in [-0.1, -0.05) is 6.07 Å². The van der Waals surface area contributed by atoms with Crippen LogP contribution in [-0.4, -0.2) is 35.9 Å². The van der Waals surface area contributed by atoms with Crippen molar-refractivity contribution in [2.24, 2.45) is 4.99 Å². The van der Waals surface area contributed by atoms with Crippen molar-refractivity contribution in [3.63, 3.8) is 0 Å². The summed E-state index contributed by atoms with van der Waals surface area (Å²) < 4.78 is 20.8. The zero-order chi connectivity index (χ0) is 19.6. The van der Waals surface area contributed by atoms with Crippen molar-refractivity contribution in [1.29, 1.82) is 0 Å². The van der Waals surface area contributed by atoms with E-state index in [0.717, 1.165) is 43.3 Å². The minimum atomic E-state index is -0.251. The molecule has 0 atom stereocenters. The Balaban J connectivity index is 1.88. The van der Waals surface area contributed by atoms with Crippen LogP contribution in [0.4, 0.5) is 4.39 Å². The molecule has 0 saturated carbocycles. The molecule has 27 heavy (non-hydrogen) atoms. The molecule has 148 valence electrons. The number of guanidine groups is 1. The molecule has 1 aromatic carbocycles. The number of aromatic nitrogens is 2. The number of nitrogens with zero attached hydrogens (tertiary/aromatic N) is 3. The van der Waals surface area contributed by atoms with Gasteiger partial charge < -0.3 is 15.4 Å². The van der Waals surface area contributed by atoms with Crippen molar-refractivity contribution in [2.45, 2.75) is 46.9 Å². The van der Waals surface area contributed by atoms with Crippen molar-refractivity contribution in [1.82, 2.24) is 20.4 Å². The second-order valence-electron chi connectivity index (χ2n) is 6.48. The molecule has 7 heteroatoms. The van der Waals surface area contributed by atoms with E-state index in [4.69, 9.17) is 4.74 Å². The van der Waals surface area contributed by atoms with E-state index in [1.807, 2.05) is 18.5 Å². The van der Waals surface area contributed by atoms with Crippen molar-refractivity contribution >= 4 is 5.96 Å². The molecule has 1 heterocycles. The summed E-state index contributed by atoms with van der Waals surface area (Å²) in [6, 6.07) is 7.10. The van der Waals surface area contributed by atoms with Crippen molar-refractivity contribution in [3.05, 3.63) is 52.6 Å². The molecule has 0 amide bonds. The molecule has 6 nitrogen and oxygen atoms in total. The number of aliphatic imine (C=N–C) groups is 1. The number of benzene rings is 1. The number of rotatable bonds is 9. The second kappa shape index (κ2) is 10.7. The fraction of sp³-hybridized carbons (Fsp3) is 0.500. The summed E-state index contributed by atoms with van der Waals surface area (Å²) in [5.74, 6) is 0.502. The first kappa shape index (κ1) is 20.9. The molecule has 2 aromatic rings. The Labute approximate surface area is 160 Å². The molecule has 2 rings (SSSR count). The first-order chi connectivity index (χ1) is 13.0. The van der Waals surface area contributed by atoms with Crippen LogP contribution in [0.15, 0.2) is 29.3 Å².